The SMILES string of the molecule is COc1cc([C@H]2CC[C@H](C)CC2)c(F)cc1-n1c(=O)ccc2cc(S(=O)(=O)Nc3ccon3)ccc21. The molecule has 0 spiro atoms. The third kappa shape index (κ3) is 4.48. The van der Waals surface area contributed by atoms with Crippen LogP contribution in [0.1, 0.15) is 44.1 Å². The first-order chi connectivity index (χ1) is 17.3. The van der Waals surface area contributed by atoms with Crippen molar-refractivity contribution < 1.29 is 22.1 Å². The monoisotopic (exact) mass is 511 g/mol. The Morgan fingerprint density at radius 3 is 2.56 bits per heavy atom. The lowest BCUT2D eigenvalue weighted by atomic mass is 9.79. The Balaban J connectivity index is 1.58. The van der Waals surface area contributed by atoms with Gasteiger partial charge >= 0.3 is 0 Å². The predicted molar refractivity (Wildman–Crippen MR) is 134 cm³/mol. The molecule has 2 aromatic heterocycles. The van der Waals surface area contributed by atoms with Gasteiger partial charge in [0.2, 0.25) is 0 Å². The number of sulfonamides is 1. The summed E-state index contributed by atoms with van der Waals surface area (Å²) in [5, 5.41) is 4.04. The van der Waals surface area contributed by atoms with Crippen LogP contribution in [0.15, 0.2) is 69.0 Å². The second-order valence-electron chi connectivity index (χ2n) is 9.22. The van der Waals surface area contributed by atoms with Gasteiger partial charge in [-0.05, 0) is 60.6 Å². The fourth-order valence-corrected chi connectivity index (χ4v) is 5.91. The molecule has 0 unspecified atom stereocenters. The molecule has 2 aromatic carbocycles. The van der Waals surface area contributed by atoms with Gasteiger partial charge in [-0.25, -0.2) is 12.8 Å². The maximum atomic E-state index is 15.4. The predicted octanol–water partition coefficient (Wildman–Crippen LogP) is 5.22. The van der Waals surface area contributed by atoms with E-state index in [1.807, 2.05) is 0 Å². The average molecular weight is 512 g/mol. The van der Waals surface area contributed by atoms with E-state index in [1.165, 1.54) is 60.4 Å². The number of aromatic nitrogens is 2. The largest absolute Gasteiger partial charge is 0.495 e. The molecule has 2 heterocycles. The van der Waals surface area contributed by atoms with Crippen LogP contribution >= 0.6 is 0 Å². The lowest BCUT2D eigenvalue weighted by molar-refractivity contribution is 0.340. The molecule has 1 aliphatic rings. The molecule has 0 atom stereocenters. The molecule has 1 fully saturated rings. The molecule has 4 aromatic rings. The smallest absolute Gasteiger partial charge is 0.263 e. The van der Waals surface area contributed by atoms with Crippen LogP contribution in [-0.2, 0) is 10.0 Å². The molecule has 0 amide bonds. The fraction of sp³-hybridized carbons (Fsp3) is 0.308. The summed E-state index contributed by atoms with van der Waals surface area (Å²) in [5.74, 6) is 0.792. The second kappa shape index (κ2) is 9.42. The minimum absolute atomic E-state index is 0.0248. The molecule has 5 rings (SSSR count). The molecule has 8 nitrogen and oxygen atoms in total. The number of pyridine rings is 1. The van der Waals surface area contributed by atoms with Crippen LogP contribution < -0.4 is 15.0 Å². The van der Waals surface area contributed by atoms with Gasteiger partial charge in [0.15, 0.2) is 5.82 Å². The molecular weight excluding hydrogens is 485 g/mol. The molecule has 0 saturated heterocycles. The Morgan fingerprint density at radius 1 is 1.08 bits per heavy atom. The summed E-state index contributed by atoms with van der Waals surface area (Å²) >= 11 is 0. The third-order valence-corrected chi connectivity index (χ3v) is 8.20. The lowest BCUT2D eigenvalue weighted by Crippen LogP contribution is -2.20. The van der Waals surface area contributed by atoms with E-state index in [1.54, 1.807) is 6.07 Å². The highest BCUT2D eigenvalue weighted by Gasteiger charge is 2.25. The zero-order chi connectivity index (χ0) is 25.4. The summed E-state index contributed by atoms with van der Waals surface area (Å²) in [6.45, 7) is 2.21. The summed E-state index contributed by atoms with van der Waals surface area (Å²) in [7, 11) is -2.46. The molecule has 1 saturated carbocycles. The summed E-state index contributed by atoms with van der Waals surface area (Å²) in [5.41, 5.74) is 0.883. The number of hydrogen-bond acceptors (Lipinski definition) is 6. The highest BCUT2D eigenvalue weighted by molar-refractivity contribution is 7.92. The second-order valence-corrected chi connectivity index (χ2v) is 10.9. The van der Waals surface area contributed by atoms with Crippen LogP contribution in [0.25, 0.3) is 16.6 Å². The van der Waals surface area contributed by atoms with E-state index in [9.17, 15) is 13.2 Å². The number of methoxy groups -OCH3 is 1. The van der Waals surface area contributed by atoms with Gasteiger partial charge in [-0.2, -0.15) is 0 Å². The normalized spacial score (nSPS) is 18.3. The minimum atomic E-state index is -3.95. The summed E-state index contributed by atoms with van der Waals surface area (Å²) in [4.78, 5) is 12.9. The first kappa shape index (κ1) is 24.1. The van der Waals surface area contributed by atoms with Crippen molar-refractivity contribution in [2.45, 2.75) is 43.4 Å². The number of benzene rings is 2. The van der Waals surface area contributed by atoms with E-state index in [0.717, 1.165) is 25.7 Å². The van der Waals surface area contributed by atoms with Gasteiger partial charge in [-0.15, -0.1) is 0 Å². The zero-order valence-electron chi connectivity index (χ0n) is 19.9. The lowest BCUT2D eigenvalue weighted by Gasteiger charge is -2.27. The number of ether oxygens (including phenoxy) is 1. The van der Waals surface area contributed by atoms with E-state index in [0.29, 0.717) is 28.1 Å². The van der Waals surface area contributed by atoms with Crippen LogP contribution in [0.2, 0.25) is 0 Å². The number of anilines is 1. The molecule has 1 aliphatic carbocycles. The Bertz CT molecular complexity index is 1570. The van der Waals surface area contributed by atoms with Crippen LogP contribution in [-0.4, -0.2) is 25.3 Å². The highest BCUT2D eigenvalue weighted by atomic mass is 32.2. The van der Waals surface area contributed by atoms with Crippen LogP contribution in [0.5, 0.6) is 5.75 Å². The van der Waals surface area contributed by atoms with Crippen molar-refractivity contribution in [1.82, 2.24) is 9.72 Å². The maximum Gasteiger partial charge on any atom is 0.263 e. The van der Waals surface area contributed by atoms with Crippen molar-refractivity contribution in [2.24, 2.45) is 5.92 Å². The van der Waals surface area contributed by atoms with Gasteiger partial charge in [0.25, 0.3) is 15.6 Å². The van der Waals surface area contributed by atoms with Crippen LogP contribution in [0.3, 0.4) is 0 Å². The van der Waals surface area contributed by atoms with Gasteiger partial charge in [0.05, 0.1) is 23.2 Å². The zero-order valence-corrected chi connectivity index (χ0v) is 20.7. The van der Waals surface area contributed by atoms with Gasteiger partial charge in [0.1, 0.15) is 17.8 Å². The Kier molecular flexibility index (Phi) is 6.29. The molecule has 1 N–H and O–H groups in total. The van der Waals surface area contributed by atoms with Crippen molar-refractivity contribution >= 4 is 26.7 Å². The third-order valence-electron chi connectivity index (χ3n) is 6.85. The summed E-state index contributed by atoms with van der Waals surface area (Å²) < 4.78 is 54.9. The van der Waals surface area contributed by atoms with E-state index < -0.39 is 15.6 Å². The van der Waals surface area contributed by atoms with Crippen molar-refractivity contribution in [3.63, 3.8) is 0 Å². The summed E-state index contributed by atoms with van der Waals surface area (Å²) in [6.07, 6.45) is 5.17. The van der Waals surface area contributed by atoms with Crippen molar-refractivity contribution in [2.75, 3.05) is 11.8 Å². The topological polar surface area (TPSA) is 103 Å². The van der Waals surface area contributed by atoms with Crippen molar-refractivity contribution in [1.29, 1.82) is 0 Å². The number of nitrogens with zero attached hydrogens (tertiary/aromatic N) is 2. The number of rotatable bonds is 6. The van der Waals surface area contributed by atoms with E-state index in [2.05, 4.69) is 21.3 Å². The standard InChI is InChI=1S/C26H26FN3O5S/c1-16-3-5-17(6-4-16)20-14-24(34-2)23(15-21(20)27)30-22-9-8-19(13-18(22)7-10-26(30)31)36(32,33)29-25-11-12-35-28-25/h7-17H,3-6H2,1-2H3,(H,28,29)/t16-,17-. The molecule has 0 aliphatic heterocycles. The van der Waals surface area contributed by atoms with Crippen molar-refractivity contribution in [3.05, 3.63) is 76.5 Å². The molecule has 0 radical (unpaired) electrons. The van der Waals surface area contributed by atoms with E-state index >= 15 is 4.39 Å². The number of halogens is 1. The van der Waals surface area contributed by atoms with Gasteiger partial charge in [0, 0.05) is 23.6 Å². The average Bonchev–Trinajstić information content (AvgIpc) is 3.36. The van der Waals surface area contributed by atoms with E-state index in [4.69, 9.17) is 4.74 Å². The molecular formula is C26H26FN3O5S. The quantitative estimate of drug-likeness (QED) is 0.381. The fourth-order valence-electron chi connectivity index (χ4n) is 4.88. The molecule has 188 valence electrons. The van der Waals surface area contributed by atoms with Crippen LogP contribution in [0.4, 0.5) is 10.2 Å². The van der Waals surface area contributed by atoms with Crippen LogP contribution in [0, 0.1) is 11.7 Å². The number of fused-ring (bicyclic) bond motifs is 1. The maximum absolute atomic E-state index is 15.4. The molecule has 10 heteroatoms. The van der Waals surface area contributed by atoms with E-state index in [-0.39, 0.29) is 28.1 Å². The molecule has 36 heavy (non-hydrogen) atoms. The van der Waals surface area contributed by atoms with Crippen molar-refractivity contribution in [3.8, 4) is 11.4 Å². The summed E-state index contributed by atoms with van der Waals surface area (Å²) in [6, 6.07) is 11.6. The Hall–Kier alpha value is -3.66. The number of hydrogen-bond donors (Lipinski definition) is 1. The number of nitrogens with one attached hydrogen (secondary N) is 1. The Morgan fingerprint density at radius 2 is 1.86 bits per heavy atom. The minimum Gasteiger partial charge on any atom is -0.495 e. The Labute approximate surface area is 207 Å². The van der Waals surface area contributed by atoms with Gasteiger partial charge in [-0.3, -0.25) is 14.1 Å². The molecule has 0 bridgehead atoms. The first-order valence-corrected chi connectivity index (χ1v) is 13.2. The highest BCUT2D eigenvalue weighted by Crippen LogP contribution is 2.39. The van der Waals surface area contributed by atoms with Gasteiger partial charge < -0.3 is 9.26 Å². The van der Waals surface area contributed by atoms with Gasteiger partial charge in [-0.1, -0.05) is 24.9 Å². The first-order valence-electron chi connectivity index (χ1n) is 11.7.